The molecule has 2 atom stereocenters. The summed E-state index contributed by atoms with van der Waals surface area (Å²) in [5.74, 6) is -0.0458. The monoisotopic (exact) mass is 170 g/mol. The van der Waals surface area contributed by atoms with Crippen LogP contribution in [0.2, 0.25) is 0 Å². The lowest BCUT2D eigenvalue weighted by Gasteiger charge is -2.17. The van der Waals surface area contributed by atoms with Crippen molar-refractivity contribution in [1.82, 2.24) is 10.6 Å². The van der Waals surface area contributed by atoms with E-state index in [-0.39, 0.29) is 23.9 Å². The van der Waals surface area contributed by atoms with Gasteiger partial charge in [0.25, 0.3) is 0 Å². The number of hydrogen-bond acceptors (Lipinski definition) is 2. The Kier molecular flexibility index (Phi) is 2.68. The van der Waals surface area contributed by atoms with Crippen molar-refractivity contribution < 1.29 is 9.59 Å². The van der Waals surface area contributed by atoms with Crippen molar-refractivity contribution in [1.29, 1.82) is 0 Å². The van der Waals surface area contributed by atoms with Crippen LogP contribution in [0.15, 0.2) is 0 Å². The first-order chi connectivity index (χ1) is 5.63. The number of nitrogens with one attached hydrogen (secondary N) is 2. The Morgan fingerprint density at radius 2 is 2.42 bits per heavy atom. The third kappa shape index (κ3) is 1.96. The topological polar surface area (TPSA) is 58.2 Å². The molecule has 0 aliphatic carbocycles. The molecule has 2 amide bonds. The van der Waals surface area contributed by atoms with Gasteiger partial charge in [-0.15, -0.1) is 0 Å². The van der Waals surface area contributed by atoms with E-state index in [0.717, 1.165) is 6.42 Å². The fraction of sp³-hybridized carbons (Fsp3) is 0.750. The molecule has 2 N–H and O–H groups in total. The summed E-state index contributed by atoms with van der Waals surface area (Å²) in [5, 5.41) is 5.56. The van der Waals surface area contributed by atoms with Crippen LogP contribution in [0.25, 0.3) is 0 Å². The minimum absolute atomic E-state index is 0.0139. The van der Waals surface area contributed by atoms with Crippen LogP contribution in [0.5, 0.6) is 0 Å². The number of rotatable bonds is 2. The lowest BCUT2D eigenvalue weighted by molar-refractivity contribution is -0.119. The molecule has 1 aliphatic rings. The van der Waals surface area contributed by atoms with Crippen molar-refractivity contribution in [2.24, 2.45) is 0 Å². The molecule has 1 saturated heterocycles. The van der Waals surface area contributed by atoms with Gasteiger partial charge in [-0.05, 0) is 6.42 Å². The van der Waals surface area contributed by atoms with E-state index in [2.05, 4.69) is 10.6 Å². The molecule has 0 aromatic carbocycles. The lowest BCUT2D eigenvalue weighted by atomic mass is 10.1. The van der Waals surface area contributed by atoms with E-state index in [1.165, 1.54) is 6.92 Å². The second-order valence-electron chi connectivity index (χ2n) is 3.09. The minimum atomic E-state index is -0.0741. The summed E-state index contributed by atoms with van der Waals surface area (Å²) >= 11 is 0. The van der Waals surface area contributed by atoms with E-state index in [9.17, 15) is 9.59 Å². The Morgan fingerprint density at radius 1 is 1.75 bits per heavy atom. The lowest BCUT2D eigenvalue weighted by Crippen LogP contribution is -2.42. The highest BCUT2D eigenvalue weighted by Gasteiger charge is 2.31. The molecule has 1 rings (SSSR count). The Labute approximate surface area is 71.7 Å². The fourth-order valence-electron chi connectivity index (χ4n) is 1.51. The molecule has 12 heavy (non-hydrogen) atoms. The summed E-state index contributed by atoms with van der Waals surface area (Å²) in [6.45, 7) is 3.46. The summed E-state index contributed by atoms with van der Waals surface area (Å²) in [6.07, 6.45) is 1.27. The third-order valence-electron chi connectivity index (χ3n) is 2.07. The van der Waals surface area contributed by atoms with Crippen molar-refractivity contribution in [3.05, 3.63) is 0 Å². The zero-order valence-corrected chi connectivity index (χ0v) is 7.39. The standard InChI is InChI=1S/C8H14N2O2/c1-3-6-7(9-5(2)11)4-8(12)10-6/h6-7H,3-4H2,1-2H3,(H,9,11)(H,10,12). The second kappa shape index (κ2) is 3.56. The predicted molar refractivity (Wildman–Crippen MR) is 44.4 cm³/mol. The van der Waals surface area contributed by atoms with Gasteiger partial charge in [0.15, 0.2) is 0 Å². The molecular formula is C8H14N2O2. The zero-order valence-electron chi connectivity index (χ0n) is 7.39. The van der Waals surface area contributed by atoms with Crippen LogP contribution in [0.1, 0.15) is 26.7 Å². The van der Waals surface area contributed by atoms with Gasteiger partial charge < -0.3 is 10.6 Å². The van der Waals surface area contributed by atoms with Gasteiger partial charge in [0.05, 0.1) is 6.04 Å². The van der Waals surface area contributed by atoms with Crippen LogP contribution in [0, 0.1) is 0 Å². The van der Waals surface area contributed by atoms with E-state index >= 15 is 0 Å². The smallest absolute Gasteiger partial charge is 0.222 e. The maximum atomic E-state index is 10.9. The van der Waals surface area contributed by atoms with E-state index in [1.807, 2.05) is 6.92 Å². The molecule has 1 heterocycles. The number of carbonyl (C=O) groups excluding carboxylic acids is 2. The summed E-state index contributed by atoms with van der Waals surface area (Å²) in [6, 6.07) is 0.0985. The van der Waals surface area contributed by atoms with E-state index in [0.29, 0.717) is 6.42 Å². The zero-order chi connectivity index (χ0) is 9.14. The van der Waals surface area contributed by atoms with Crippen LogP contribution < -0.4 is 10.6 Å². The number of carbonyl (C=O) groups is 2. The average Bonchev–Trinajstić information content (AvgIpc) is 2.29. The fourth-order valence-corrected chi connectivity index (χ4v) is 1.51. The number of amides is 2. The van der Waals surface area contributed by atoms with Gasteiger partial charge in [0.2, 0.25) is 11.8 Å². The highest BCUT2D eigenvalue weighted by Crippen LogP contribution is 2.10. The Balaban J connectivity index is 2.51. The molecule has 4 nitrogen and oxygen atoms in total. The molecule has 0 spiro atoms. The summed E-state index contributed by atoms with van der Waals surface area (Å²) in [5.41, 5.74) is 0. The molecule has 2 unspecified atom stereocenters. The molecule has 0 bridgehead atoms. The van der Waals surface area contributed by atoms with E-state index in [1.54, 1.807) is 0 Å². The van der Waals surface area contributed by atoms with Gasteiger partial charge in [-0.1, -0.05) is 6.92 Å². The maximum Gasteiger partial charge on any atom is 0.222 e. The van der Waals surface area contributed by atoms with Crippen LogP contribution in [0.3, 0.4) is 0 Å². The summed E-state index contributed by atoms with van der Waals surface area (Å²) in [4.78, 5) is 21.7. The van der Waals surface area contributed by atoms with Gasteiger partial charge >= 0.3 is 0 Å². The second-order valence-corrected chi connectivity index (χ2v) is 3.09. The van der Waals surface area contributed by atoms with Gasteiger partial charge in [-0.25, -0.2) is 0 Å². The molecule has 1 aliphatic heterocycles. The Morgan fingerprint density at radius 3 is 2.92 bits per heavy atom. The largest absolute Gasteiger partial charge is 0.351 e. The van der Waals surface area contributed by atoms with Crippen molar-refractivity contribution in [2.45, 2.75) is 38.8 Å². The third-order valence-corrected chi connectivity index (χ3v) is 2.07. The van der Waals surface area contributed by atoms with Gasteiger partial charge in [-0.3, -0.25) is 9.59 Å². The molecule has 4 heteroatoms. The highest BCUT2D eigenvalue weighted by molar-refractivity contribution is 5.81. The summed E-state index contributed by atoms with van der Waals surface area (Å²) < 4.78 is 0. The van der Waals surface area contributed by atoms with E-state index in [4.69, 9.17) is 0 Å². The van der Waals surface area contributed by atoms with Crippen LogP contribution in [-0.4, -0.2) is 23.9 Å². The van der Waals surface area contributed by atoms with Crippen LogP contribution >= 0.6 is 0 Å². The van der Waals surface area contributed by atoms with Gasteiger partial charge in [0.1, 0.15) is 0 Å². The highest BCUT2D eigenvalue weighted by atomic mass is 16.2. The Hall–Kier alpha value is -1.06. The molecular weight excluding hydrogens is 156 g/mol. The molecule has 0 radical (unpaired) electrons. The van der Waals surface area contributed by atoms with Gasteiger partial charge in [0, 0.05) is 19.4 Å². The molecule has 0 saturated carbocycles. The molecule has 1 fully saturated rings. The first-order valence-corrected chi connectivity index (χ1v) is 4.20. The van der Waals surface area contributed by atoms with Gasteiger partial charge in [-0.2, -0.15) is 0 Å². The number of hydrogen-bond donors (Lipinski definition) is 2. The van der Waals surface area contributed by atoms with Crippen LogP contribution in [0.4, 0.5) is 0 Å². The van der Waals surface area contributed by atoms with E-state index < -0.39 is 0 Å². The molecule has 68 valence electrons. The van der Waals surface area contributed by atoms with Crippen molar-refractivity contribution in [3.8, 4) is 0 Å². The van der Waals surface area contributed by atoms with Crippen molar-refractivity contribution in [3.63, 3.8) is 0 Å². The predicted octanol–water partition coefficient (Wildman–Crippen LogP) is -0.210. The van der Waals surface area contributed by atoms with Crippen molar-refractivity contribution >= 4 is 11.8 Å². The quantitative estimate of drug-likeness (QED) is 0.602. The average molecular weight is 170 g/mol. The molecule has 0 aromatic rings. The maximum absolute atomic E-state index is 10.9. The first-order valence-electron chi connectivity index (χ1n) is 4.20. The minimum Gasteiger partial charge on any atom is -0.351 e. The summed E-state index contributed by atoms with van der Waals surface area (Å²) in [7, 11) is 0. The molecule has 0 aromatic heterocycles. The van der Waals surface area contributed by atoms with Crippen LogP contribution in [-0.2, 0) is 9.59 Å². The SMILES string of the molecule is CCC1NC(=O)CC1NC(C)=O. The van der Waals surface area contributed by atoms with Crippen molar-refractivity contribution in [2.75, 3.05) is 0 Å². The first kappa shape index (κ1) is 9.03. The Bertz CT molecular complexity index is 203. The normalized spacial score (nSPS) is 28.3.